The molecule has 1 aromatic heterocycles. The number of aryl methyl sites for hydroxylation is 2. The van der Waals surface area contributed by atoms with E-state index in [-0.39, 0.29) is 0 Å². The first-order valence-electron chi connectivity index (χ1n) is 4.92. The van der Waals surface area contributed by atoms with Gasteiger partial charge in [0, 0.05) is 18.9 Å². The SMILES string of the molecule is Cc1ccc(C)c(Cn2cccc2)c1. The van der Waals surface area contributed by atoms with E-state index in [1.54, 1.807) is 0 Å². The van der Waals surface area contributed by atoms with E-state index in [0.717, 1.165) is 6.54 Å². The third kappa shape index (κ3) is 1.87. The molecule has 0 fully saturated rings. The highest BCUT2D eigenvalue weighted by atomic mass is 14.9. The molecule has 2 rings (SSSR count). The highest BCUT2D eigenvalue weighted by Gasteiger charge is 1.98. The Hall–Kier alpha value is -1.50. The maximum absolute atomic E-state index is 2.26. The van der Waals surface area contributed by atoms with Crippen LogP contribution in [0.5, 0.6) is 0 Å². The first kappa shape index (κ1) is 9.07. The molecule has 14 heavy (non-hydrogen) atoms. The fourth-order valence-electron chi connectivity index (χ4n) is 1.64. The minimum atomic E-state index is 0.973. The fourth-order valence-corrected chi connectivity index (χ4v) is 1.64. The van der Waals surface area contributed by atoms with Gasteiger partial charge in [0.15, 0.2) is 0 Å². The zero-order valence-corrected chi connectivity index (χ0v) is 8.70. The molecule has 0 saturated heterocycles. The molecule has 0 saturated carbocycles. The summed E-state index contributed by atoms with van der Waals surface area (Å²) in [6, 6.07) is 10.7. The van der Waals surface area contributed by atoms with Crippen molar-refractivity contribution in [1.29, 1.82) is 0 Å². The highest BCUT2D eigenvalue weighted by molar-refractivity contribution is 5.30. The zero-order chi connectivity index (χ0) is 9.97. The van der Waals surface area contributed by atoms with E-state index in [1.807, 2.05) is 0 Å². The van der Waals surface area contributed by atoms with E-state index >= 15 is 0 Å². The summed E-state index contributed by atoms with van der Waals surface area (Å²) in [5.41, 5.74) is 4.10. The molecule has 1 heteroatoms. The molecule has 72 valence electrons. The van der Waals surface area contributed by atoms with Crippen LogP contribution in [0.4, 0.5) is 0 Å². The van der Waals surface area contributed by atoms with Crippen molar-refractivity contribution in [3.63, 3.8) is 0 Å². The number of aromatic nitrogens is 1. The van der Waals surface area contributed by atoms with Crippen LogP contribution in [-0.2, 0) is 6.54 Å². The van der Waals surface area contributed by atoms with Gasteiger partial charge >= 0.3 is 0 Å². The Morgan fingerprint density at radius 1 is 1.07 bits per heavy atom. The van der Waals surface area contributed by atoms with Gasteiger partial charge in [-0.15, -0.1) is 0 Å². The van der Waals surface area contributed by atoms with Crippen LogP contribution in [0.25, 0.3) is 0 Å². The van der Waals surface area contributed by atoms with Gasteiger partial charge < -0.3 is 4.57 Å². The van der Waals surface area contributed by atoms with E-state index in [4.69, 9.17) is 0 Å². The second-order valence-corrected chi connectivity index (χ2v) is 3.79. The average Bonchev–Trinajstić information content (AvgIpc) is 2.64. The van der Waals surface area contributed by atoms with Crippen molar-refractivity contribution >= 4 is 0 Å². The summed E-state index contributed by atoms with van der Waals surface area (Å²) >= 11 is 0. The summed E-state index contributed by atoms with van der Waals surface area (Å²) in [6.45, 7) is 5.28. The van der Waals surface area contributed by atoms with Crippen molar-refractivity contribution in [2.75, 3.05) is 0 Å². The Balaban J connectivity index is 2.28. The van der Waals surface area contributed by atoms with E-state index < -0.39 is 0 Å². The summed E-state index contributed by atoms with van der Waals surface area (Å²) in [7, 11) is 0. The van der Waals surface area contributed by atoms with Crippen LogP contribution >= 0.6 is 0 Å². The molecule has 2 aromatic rings. The average molecular weight is 185 g/mol. The third-order valence-corrected chi connectivity index (χ3v) is 2.52. The van der Waals surface area contributed by atoms with Gasteiger partial charge in [0.2, 0.25) is 0 Å². The number of hydrogen-bond donors (Lipinski definition) is 0. The normalized spacial score (nSPS) is 10.4. The lowest BCUT2D eigenvalue weighted by atomic mass is 10.1. The molecule has 1 aromatic carbocycles. The minimum Gasteiger partial charge on any atom is -0.350 e. The van der Waals surface area contributed by atoms with Gasteiger partial charge in [-0.2, -0.15) is 0 Å². The lowest BCUT2D eigenvalue weighted by Gasteiger charge is -2.07. The van der Waals surface area contributed by atoms with Crippen LogP contribution in [0, 0.1) is 13.8 Å². The number of benzene rings is 1. The van der Waals surface area contributed by atoms with Gasteiger partial charge in [0.25, 0.3) is 0 Å². The molecular weight excluding hydrogens is 170 g/mol. The monoisotopic (exact) mass is 185 g/mol. The maximum atomic E-state index is 2.26. The van der Waals surface area contributed by atoms with Gasteiger partial charge in [-0.05, 0) is 37.1 Å². The summed E-state index contributed by atoms with van der Waals surface area (Å²) in [5, 5.41) is 0. The highest BCUT2D eigenvalue weighted by Crippen LogP contribution is 2.12. The fraction of sp³-hybridized carbons (Fsp3) is 0.231. The molecule has 0 unspecified atom stereocenters. The molecule has 1 nitrogen and oxygen atoms in total. The largest absolute Gasteiger partial charge is 0.350 e. The Kier molecular flexibility index (Phi) is 2.40. The molecule has 1 heterocycles. The maximum Gasteiger partial charge on any atom is 0.0472 e. The summed E-state index contributed by atoms with van der Waals surface area (Å²) < 4.78 is 2.20. The molecular formula is C13H15N. The molecule has 0 radical (unpaired) electrons. The lowest BCUT2D eigenvalue weighted by Crippen LogP contribution is -1.98. The van der Waals surface area contributed by atoms with Crippen LogP contribution < -0.4 is 0 Å². The van der Waals surface area contributed by atoms with Gasteiger partial charge in [-0.3, -0.25) is 0 Å². The topological polar surface area (TPSA) is 4.93 Å². The van der Waals surface area contributed by atoms with Crippen LogP contribution in [0.2, 0.25) is 0 Å². The van der Waals surface area contributed by atoms with E-state index in [1.165, 1.54) is 16.7 Å². The second kappa shape index (κ2) is 3.70. The van der Waals surface area contributed by atoms with E-state index in [0.29, 0.717) is 0 Å². The molecule has 0 bridgehead atoms. The van der Waals surface area contributed by atoms with Crippen LogP contribution in [-0.4, -0.2) is 4.57 Å². The third-order valence-electron chi connectivity index (χ3n) is 2.52. The Morgan fingerprint density at radius 2 is 1.79 bits per heavy atom. The Bertz CT molecular complexity index is 413. The number of nitrogens with zero attached hydrogens (tertiary/aromatic N) is 1. The molecule has 0 atom stereocenters. The molecule has 0 aliphatic heterocycles. The van der Waals surface area contributed by atoms with Crippen molar-refractivity contribution < 1.29 is 0 Å². The molecule has 0 aliphatic rings. The molecule has 0 N–H and O–H groups in total. The van der Waals surface area contributed by atoms with Gasteiger partial charge in [0.05, 0.1) is 0 Å². The quantitative estimate of drug-likeness (QED) is 0.677. The zero-order valence-electron chi connectivity index (χ0n) is 8.70. The van der Waals surface area contributed by atoms with E-state index in [2.05, 4.69) is 61.1 Å². The van der Waals surface area contributed by atoms with Crippen molar-refractivity contribution in [3.05, 3.63) is 59.4 Å². The van der Waals surface area contributed by atoms with Crippen LogP contribution in [0.1, 0.15) is 16.7 Å². The Labute approximate surface area is 85.0 Å². The smallest absolute Gasteiger partial charge is 0.0472 e. The first-order valence-corrected chi connectivity index (χ1v) is 4.92. The summed E-state index contributed by atoms with van der Waals surface area (Å²) in [5.74, 6) is 0. The Morgan fingerprint density at radius 3 is 2.50 bits per heavy atom. The lowest BCUT2D eigenvalue weighted by molar-refractivity contribution is 0.800. The van der Waals surface area contributed by atoms with Crippen molar-refractivity contribution in [2.24, 2.45) is 0 Å². The molecule has 0 amide bonds. The van der Waals surface area contributed by atoms with E-state index in [9.17, 15) is 0 Å². The van der Waals surface area contributed by atoms with Crippen molar-refractivity contribution in [3.8, 4) is 0 Å². The number of hydrogen-bond acceptors (Lipinski definition) is 0. The van der Waals surface area contributed by atoms with Gasteiger partial charge in [-0.25, -0.2) is 0 Å². The summed E-state index contributed by atoms with van der Waals surface area (Å²) in [6.07, 6.45) is 4.20. The van der Waals surface area contributed by atoms with Gasteiger partial charge in [0.1, 0.15) is 0 Å². The van der Waals surface area contributed by atoms with Crippen molar-refractivity contribution in [2.45, 2.75) is 20.4 Å². The molecule has 0 aliphatic carbocycles. The van der Waals surface area contributed by atoms with Crippen molar-refractivity contribution in [1.82, 2.24) is 4.57 Å². The number of rotatable bonds is 2. The predicted octanol–water partition coefficient (Wildman–Crippen LogP) is 3.15. The van der Waals surface area contributed by atoms with Crippen LogP contribution in [0.15, 0.2) is 42.7 Å². The minimum absolute atomic E-state index is 0.973. The second-order valence-electron chi connectivity index (χ2n) is 3.79. The van der Waals surface area contributed by atoms with Crippen LogP contribution in [0.3, 0.4) is 0 Å². The standard InChI is InChI=1S/C13H15N/c1-11-5-6-12(2)13(9-11)10-14-7-3-4-8-14/h3-9H,10H2,1-2H3. The first-order chi connectivity index (χ1) is 6.75. The predicted molar refractivity (Wildman–Crippen MR) is 59.5 cm³/mol. The van der Waals surface area contributed by atoms with Gasteiger partial charge in [-0.1, -0.05) is 23.8 Å². The molecule has 0 spiro atoms. The summed E-state index contributed by atoms with van der Waals surface area (Å²) in [4.78, 5) is 0.